The van der Waals surface area contributed by atoms with Crippen LogP contribution in [0.4, 0.5) is 0 Å². The third kappa shape index (κ3) is 6.04. The molecule has 0 aliphatic heterocycles. The average molecular weight is 281 g/mol. The first-order valence-corrected chi connectivity index (χ1v) is 6.81. The summed E-state index contributed by atoms with van der Waals surface area (Å²) in [7, 11) is 0. The molecule has 0 aliphatic rings. The van der Waals surface area contributed by atoms with Gasteiger partial charge in [0.1, 0.15) is 18.4 Å². The second-order valence-corrected chi connectivity index (χ2v) is 5.12. The largest absolute Gasteiger partial charge is 0.491 e. The van der Waals surface area contributed by atoms with Crippen LogP contribution in [-0.2, 0) is 11.3 Å². The minimum absolute atomic E-state index is 0.0151. The van der Waals surface area contributed by atoms with E-state index in [9.17, 15) is 4.79 Å². The zero-order chi connectivity index (χ0) is 15.0. The molecule has 0 radical (unpaired) electrons. The van der Waals surface area contributed by atoms with Gasteiger partial charge in [0, 0.05) is 6.54 Å². The van der Waals surface area contributed by atoms with E-state index in [4.69, 9.17) is 14.9 Å². The highest BCUT2D eigenvalue weighted by Gasteiger charge is 2.17. The fourth-order valence-corrected chi connectivity index (χ4v) is 1.85. The Bertz CT molecular complexity index is 403. The van der Waals surface area contributed by atoms with Gasteiger partial charge in [-0.1, -0.05) is 26.0 Å². The lowest BCUT2D eigenvalue weighted by Crippen LogP contribution is -2.37. The number of carboxylic acids is 1. The Kier molecular flexibility index (Phi) is 7.04. The Morgan fingerprint density at radius 2 is 1.95 bits per heavy atom. The molecule has 0 fully saturated rings. The summed E-state index contributed by atoms with van der Waals surface area (Å²) in [6, 6.07) is 6.86. The van der Waals surface area contributed by atoms with Crippen LogP contribution < -0.4 is 10.1 Å². The van der Waals surface area contributed by atoms with Crippen molar-refractivity contribution in [2.45, 2.75) is 32.9 Å². The summed E-state index contributed by atoms with van der Waals surface area (Å²) in [6.07, 6.45) is 0.604. The molecule has 5 nitrogen and oxygen atoms in total. The van der Waals surface area contributed by atoms with Gasteiger partial charge in [0.25, 0.3) is 0 Å². The molecule has 0 spiro atoms. The number of ether oxygens (including phenoxy) is 1. The molecule has 3 N–H and O–H groups in total. The van der Waals surface area contributed by atoms with Crippen LogP contribution in [0.1, 0.15) is 25.8 Å². The molecule has 1 atom stereocenters. The highest BCUT2D eigenvalue weighted by molar-refractivity contribution is 5.73. The van der Waals surface area contributed by atoms with E-state index >= 15 is 0 Å². The number of hydrogen-bond donors (Lipinski definition) is 3. The molecule has 5 heteroatoms. The van der Waals surface area contributed by atoms with E-state index < -0.39 is 12.0 Å². The van der Waals surface area contributed by atoms with Gasteiger partial charge in [0.15, 0.2) is 0 Å². The lowest BCUT2D eigenvalue weighted by atomic mass is 10.0. The summed E-state index contributed by atoms with van der Waals surface area (Å²) >= 11 is 0. The molecule has 20 heavy (non-hydrogen) atoms. The van der Waals surface area contributed by atoms with Crippen molar-refractivity contribution in [3.63, 3.8) is 0 Å². The van der Waals surface area contributed by atoms with Crippen molar-refractivity contribution in [3.8, 4) is 5.75 Å². The van der Waals surface area contributed by atoms with Gasteiger partial charge in [-0.05, 0) is 30.0 Å². The third-order valence-corrected chi connectivity index (χ3v) is 2.84. The molecule has 0 saturated heterocycles. The Balaban J connectivity index is 2.49. The number of aliphatic carboxylic acids is 1. The molecular formula is C15H23NO4. The summed E-state index contributed by atoms with van der Waals surface area (Å²) in [4.78, 5) is 11.1. The fourth-order valence-electron chi connectivity index (χ4n) is 1.85. The first-order valence-electron chi connectivity index (χ1n) is 6.81. The SMILES string of the molecule is CC(C)C[C@H](NCc1ccc(OCCO)cc1)C(=O)O. The summed E-state index contributed by atoms with van der Waals surface area (Å²) in [6.45, 7) is 4.77. The van der Waals surface area contributed by atoms with Gasteiger partial charge < -0.3 is 20.3 Å². The number of benzene rings is 1. The third-order valence-electron chi connectivity index (χ3n) is 2.84. The topological polar surface area (TPSA) is 78.8 Å². The van der Waals surface area contributed by atoms with Crippen LogP contribution in [0, 0.1) is 5.92 Å². The lowest BCUT2D eigenvalue weighted by molar-refractivity contribution is -0.140. The van der Waals surface area contributed by atoms with Crippen molar-refractivity contribution in [1.29, 1.82) is 0 Å². The second kappa shape index (κ2) is 8.55. The number of rotatable bonds is 9. The van der Waals surface area contributed by atoms with Crippen LogP contribution in [0.25, 0.3) is 0 Å². The smallest absolute Gasteiger partial charge is 0.320 e. The summed E-state index contributed by atoms with van der Waals surface area (Å²) < 4.78 is 5.26. The standard InChI is InChI=1S/C15H23NO4/c1-11(2)9-14(15(18)19)16-10-12-3-5-13(6-4-12)20-8-7-17/h3-6,11,14,16-17H,7-10H2,1-2H3,(H,18,19)/t14-/m0/s1. The van der Waals surface area contributed by atoms with Gasteiger partial charge >= 0.3 is 5.97 Å². The van der Waals surface area contributed by atoms with Crippen LogP contribution in [0.2, 0.25) is 0 Å². The maximum absolute atomic E-state index is 11.1. The Hall–Kier alpha value is -1.59. The van der Waals surface area contributed by atoms with Crippen molar-refractivity contribution in [1.82, 2.24) is 5.32 Å². The molecule has 0 aromatic heterocycles. The maximum Gasteiger partial charge on any atom is 0.320 e. The highest BCUT2D eigenvalue weighted by atomic mass is 16.5. The van der Waals surface area contributed by atoms with Crippen LogP contribution >= 0.6 is 0 Å². The zero-order valence-corrected chi connectivity index (χ0v) is 12.0. The van der Waals surface area contributed by atoms with Gasteiger partial charge in [-0.25, -0.2) is 0 Å². The Morgan fingerprint density at radius 1 is 1.30 bits per heavy atom. The molecule has 1 aromatic rings. The normalized spacial score (nSPS) is 12.4. The van der Waals surface area contributed by atoms with Crippen molar-refractivity contribution < 1.29 is 19.7 Å². The van der Waals surface area contributed by atoms with Gasteiger partial charge in [-0.15, -0.1) is 0 Å². The van der Waals surface area contributed by atoms with Gasteiger partial charge in [0.05, 0.1) is 6.61 Å². The zero-order valence-electron chi connectivity index (χ0n) is 12.0. The van der Waals surface area contributed by atoms with E-state index in [-0.39, 0.29) is 13.2 Å². The number of aliphatic hydroxyl groups is 1. The molecule has 0 bridgehead atoms. The van der Waals surface area contributed by atoms with Gasteiger partial charge in [-0.3, -0.25) is 4.79 Å². The first kappa shape index (κ1) is 16.5. The number of hydrogen-bond acceptors (Lipinski definition) is 4. The second-order valence-electron chi connectivity index (χ2n) is 5.12. The van der Waals surface area contributed by atoms with Crippen LogP contribution in [-0.4, -0.2) is 35.4 Å². The summed E-state index contributed by atoms with van der Waals surface area (Å²) in [5, 5.41) is 20.8. The Morgan fingerprint density at radius 3 is 2.45 bits per heavy atom. The van der Waals surface area contributed by atoms with Crippen molar-refractivity contribution in [2.75, 3.05) is 13.2 Å². The number of aliphatic hydroxyl groups excluding tert-OH is 1. The number of carboxylic acid groups (broad SMARTS) is 1. The molecule has 0 unspecified atom stereocenters. The van der Waals surface area contributed by atoms with Crippen LogP contribution in [0.3, 0.4) is 0 Å². The maximum atomic E-state index is 11.1. The molecule has 0 amide bonds. The van der Waals surface area contributed by atoms with Gasteiger partial charge in [-0.2, -0.15) is 0 Å². The van der Waals surface area contributed by atoms with E-state index in [1.807, 2.05) is 38.1 Å². The quantitative estimate of drug-likeness (QED) is 0.641. The predicted octanol–water partition coefficient (Wildman–Crippen LogP) is 1.65. The molecule has 112 valence electrons. The number of nitrogens with one attached hydrogen (secondary N) is 1. The molecule has 1 aromatic carbocycles. The fraction of sp³-hybridized carbons (Fsp3) is 0.533. The molecular weight excluding hydrogens is 258 g/mol. The van der Waals surface area contributed by atoms with E-state index in [0.29, 0.717) is 24.6 Å². The first-order chi connectivity index (χ1) is 9.52. The van der Waals surface area contributed by atoms with Crippen molar-refractivity contribution in [2.24, 2.45) is 5.92 Å². The van der Waals surface area contributed by atoms with E-state index in [2.05, 4.69) is 5.32 Å². The van der Waals surface area contributed by atoms with Crippen molar-refractivity contribution in [3.05, 3.63) is 29.8 Å². The van der Waals surface area contributed by atoms with E-state index in [1.165, 1.54) is 0 Å². The molecule has 0 heterocycles. The van der Waals surface area contributed by atoms with Crippen molar-refractivity contribution >= 4 is 5.97 Å². The monoisotopic (exact) mass is 281 g/mol. The minimum atomic E-state index is -0.818. The van der Waals surface area contributed by atoms with Crippen LogP contribution in [0.5, 0.6) is 5.75 Å². The van der Waals surface area contributed by atoms with Gasteiger partial charge in [0.2, 0.25) is 0 Å². The molecule has 0 aliphatic carbocycles. The summed E-state index contributed by atoms with van der Waals surface area (Å²) in [5.41, 5.74) is 0.997. The van der Waals surface area contributed by atoms with Crippen LogP contribution in [0.15, 0.2) is 24.3 Å². The highest BCUT2D eigenvalue weighted by Crippen LogP contribution is 2.12. The average Bonchev–Trinajstić information content (AvgIpc) is 2.41. The number of carbonyl (C=O) groups is 1. The summed E-state index contributed by atoms with van der Waals surface area (Å²) in [5.74, 6) is 0.208. The minimum Gasteiger partial charge on any atom is -0.491 e. The molecule has 1 rings (SSSR count). The van der Waals surface area contributed by atoms with E-state index in [0.717, 1.165) is 5.56 Å². The Labute approximate surface area is 119 Å². The predicted molar refractivity (Wildman–Crippen MR) is 76.7 cm³/mol. The molecule has 0 saturated carbocycles. The van der Waals surface area contributed by atoms with E-state index in [1.54, 1.807) is 0 Å². The lowest BCUT2D eigenvalue weighted by Gasteiger charge is -2.16.